The van der Waals surface area contributed by atoms with E-state index in [0.717, 1.165) is 25.5 Å². The van der Waals surface area contributed by atoms with Crippen LogP contribution in [-0.4, -0.2) is 47.4 Å². The van der Waals surface area contributed by atoms with Crippen LogP contribution in [0.4, 0.5) is 0 Å². The van der Waals surface area contributed by atoms with Crippen molar-refractivity contribution in [2.45, 2.75) is 90.0 Å². The molecule has 122 valence electrons. The Bertz CT molecular complexity index is 357. The zero-order chi connectivity index (χ0) is 15.0. The van der Waals surface area contributed by atoms with Crippen LogP contribution in [0.2, 0.25) is 0 Å². The summed E-state index contributed by atoms with van der Waals surface area (Å²) in [4.78, 5) is 2.63. The van der Waals surface area contributed by atoms with Crippen LogP contribution >= 0.6 is 0 Å². The van der Waals surface area contributed by atoms with Crippen molar-refractivity contribution in [2.24, 2.45) is 11.3 Å². The number of fused-ring (bicyclic) bond motifs is 1. The van der Waals surface area contributed by atoms with Crippen molar-refractivity contribution in [3.63, 3.8) is 0 Å². The van der Waals surface area contributed by atoms with E-state index in [1.807, 2.05) is 0 Å². The standard InChI is InChI=1S/C18H33NO2/c1-4-18(2,3)13-8-9-16(20)15(12-13)19-10-11-21-17-7-5-6-14(17)19/h13-17,20H,4-12H2,1-3H3. The van der Waals surface area contributed by atoms with Gasteiger partial charge in [0.05, 0.1) is 18.8 Å². The zero-order valence-corrected chi connectivity index (χ0v) is 14.1. The number of morpholine rings is 1. The third kappa shape index (κ3) is 3.02. The average molecular weight is 295 g/mol. The van der Waals surface area contributed by atoms with Gasteiger partial charge >= 0.3 is 0 Å². The Labute approximate surface area is 130 Å². The summed E-state index contributed by atoms with van der Waals surface area (Å²) in [7, 11) is 0. The van der Waals surface area contributed by atoms with Crippen LogP contribution in [0.5, 0.6) is 0 Å². The van der Waals surface area contributed by atoms with E-state index in [4.69, 9.17) is 4.74 Å². The number of hydrogen-bond acceptors (Lipinski definition) is 3. The van der Waals surface area contributed by atoms with Crippen molar-refractivity contribution in [3.05, 3.63) is 0 Å². The van der Waals surface area contributed by atoms with E-state index in [9.17, 15) is 5.11 Å². The first kappa shape index (κ1) is 15.8. The molecule has 0 radical (unpaired) electrons. The van der Waals surface area contributed by atoms with E-state index < -0.39 is 0 Å². The molecule has 0 bridgehead atoms. The summed E-state index contributed by atoms with van der Waals surface area (Å²) in [5.74, 6) is 0.749. The first-order chi connectivity index (χ1) is 10.0. The van der Waals surface area contributed by atoms with Gasteiger partial charge in [0.2, 0.25) is 0 Å². The van der Waals surface area contributed by atoms with E-state index in [-0.39, 0.29) is 6.10 Å². The summed E-state index contributed by atoms with van der Waals surface area (Å²) < 4.78 is 5.95. The lowest BCUT2D eigenvalue weighted by atomic mass is 9.67. The fourth-order valence-corrected chi connectivity index (χ4v) is 4.85. The van der Waals surface area contributed by atoms with Crippen molar-refractivity contribution >= 4 is 0 Å². The maximum atomic E-state index is 10.6. The minimum absolute atomic E-state index is 0.131. The van der Waals surface area contributed by atoms with E-state index in [0.29, 0.717) is 23.6 Å². The lowest BCUT2D eigenvalue weighted by Gasteiger charge is -2.49. The van der Waals surface area contributed by atoms with Gasteiger partial charge in [-0.2, -0.15) is 0 Å². The smallest absolute Gasteiger partial charge is 0.0731 e. The molecular formula is C18H33NO2. The molecule has 0 aromatic carbocycles. The molecule has 0 aromatic rings. The molecule has 5 atom stereocenters. The topological polar surface area (TPSA) is 32.7 Å². The fraction of sp³-hybridized carbons (Fsp3) is 1.00. The van der Waals surface area contributed by atoms with Crippen molar-refractivity contribution in [2.75, 3.05) is 13.2 Å². The van der Waals surface area contributed by atoms with Crippen LogP contribution in [0, 0.1) is 11.3 Å². The third-order valence-corrected chi connectivity index (χ3v) is 6.75. The Morgan fingerprint density at radius 3 is 2.71 bits per heavy atom. The van der Waals surface area contributed by atoms with E-state index >= 15 is 0 Å². The highest BCUT2D eigenvalue weighted by Crippen LogP contribution is 2.43. The second-order valence-corrected chi connectivity index (χ2v) is 8.13. The Morgan fingerprint density at radius 1 is 1.14 bits per heavy atom. The van der Waals surface area contributed by atoms with E-state index in [1.165, 1.54) is 38.5 Å². The predicted molar refractivity (Wildman–Crippen MR) is 85.3 cm³/mol. The Balaban J connectivity index is 1.73. The molecule has 0 amide bonds. The molecular weight excluding hydrogens is 262 g/mol. The summed E-state index contributed by atoms with van der Waals surface area (Å²) in [5, 5.41) is 10.6. The highest BCUT2D eigenvalue weighted by Gasteiger charge is 2.45. The third-order valence-electron chi connectivity index (χ3n) is 6.75. The van der Waals surface area contributed by atoms with E-state index in [1.54, 1.807) is 0 Å². The molecule has 3 heteroatoms. The fourth-order valence-electron chi connectivity index (χ4n) is 4.85. The van der Waals surface area contributed by atoms with Crippen LogP contribution in [0.15, 0.2) is 0 Å². The number of hydrogen-bond donors (Lipinski definition) is 1. The highest BCUT2D eigenvalue weighted by atomic mass is 16.5. The van der Waals surface area contributed by atoms with Gasteiger partial charge in [-0.3, -0.25) is 4.90 Å². The predicted octanol–water partition coefficient (Wildman–Crippen LogP) is 3.21. The molecule has 1 aliphatic heterocycles. The molecule has 1 heterocycles. The first-order valence-corrected chi connectivity index (χ1v) is 9.08. The SMILES string of the molecule is CCC(C)(C)C1CCC(O)C(N2CCOC3CCCC32)C1. The number of ether oxygens (including phenoxy) is 1. The second-order valence-electron chi connectivity index (χ2n) is 8.13. The van der Waals surface area contributed by atoms with Crippen molar-refractivity contribution < 1.29 is 9.84 Å². The number of aliphatic hydroxyl groups is 1. The summed E-state index contributed by atoms with van der Waals surface area (Å²) in [5.41, 5.74) is 0.403. The van der Waals surface area contributed by atoms with Crippen LogP contribution in [0.1, 0.15) is 65.7 Å². The van der Waals surface area contributed by atoms with E-state index in [2.05, 4.69) is 25.7 Å². The van der Waals surface area contributed by atoms with Gasteiger partial charge in [-0.05, 0) is 49.9 Å². The molecule has 3 aliphatic rings. The van der Waals surface area contributed by atoms with Gasteiger partial charge in [0, 0.05) is 18.6 Å². The first-order valence-electron chi connectivity index (χ1n) is 9.08. The molecule has 1 saturated heterocycles. The molecule has 3 rings (SSSR count). The quantitative estimate of drug-likeness (QED) is 0.868. The number of nitrogens with zero attached hydrogens (tertiary/aromatic N) is 1. The van der Waals surface area contributed by atoms with Crippen molar-refractivity contribution in [3.8, 4) is 0 Å². The summed E-state index contributed by atoms with van der Waals surface area (Å²) >= 11 is 0. The van der Waals surface area contributed by atoms with Gasteiger partial charge in [0.25, 0.3) is 0 Å². The number of aliphatic hydroxyl groups excluding tert-OH is 1. The van der Waals surface area contributed by atoms with Gasteiger partial charge in [0.1, 0.15) is 0 Å². The van der Waals surface area contributed by atoms with Crippen LogP contribution < -0.4 is 0 Å². The van der Waals surface area contributed by atoms with Gasteiger partial charge in [0.15, 0.2) is 0 Å². The Morgan fingerprint density at radius 2 is 1.95 bits per heavy atom. The van der Waals surface area contributed by atoms with Gasteiger partial charge in [-0.15, -0.1) is 0 Å². The lowest BCUT2D eigenvalue weighted by molar-refractivity contribution is -0.110. The van der Waals surface area contributed by atoms with Gasteiger partial charge in [-0.25, -0.2) is 0 Å². The van der Waals surface area contributed by atoms with Crippen LogP contribution in [0.25, 0.3) is 0 Å². The summed E-state index contributed by atoms with van der Waals surface area (Å²) in [6.45, 7) is 8.99. The highest BCUT2D eigenvalue weighted by molar-refractivity contribution is 4.98. The monoisotopic (exact) mass is 295 g/mol. The molecule has 5 unspecified atom stereocenters. The second kappa shape index (κ2) is 6.17. The molecule has 0 spiro atoms. The molecule has 2 saturated carbocycles. The van der Waals surface area contributed by atoms with Gasteiger partial charge in [-0.1, -0.05) is 27.2 Å². The van der Waals surface area contributed by atoms with Crippen LogP contribution in [-0.2, 0) is 4.74 Å². The molecule has 3 nitrogen and oxygen atoms in total. The van der Waals surface area contributed by atoms with Crippen LogP contribution in [0.3, 0.4) is 0 Å². The zero-order valence-electron chi connectivity index (χ0n) is 14.1. The lowest BCUT2D eigenvalue weighted by Crippen LogP contribution is -2.58. The maximum Gasteiger partial charge on any atom is 0.0731 e. The minimum Gasteiger partial charge on any atom is -0.391 e. The normalized spacial score (nSPS) is 42.0. The summed E-state index contributed by atoms with van der Waals surface area (Å²) in [6, 6.07) is 0.936. The summed E-state index contributed by atoms with van der Waals surface area (Å²) in [6.07, 6.45) is 8.65. The van der Waals surface area contributed by atoms with Gasteiger partial charge < -0.3 is 9.84 Å². The minimum atomic E-state index is -0.131. The van der Waals surface area contributed by atoms with Crippen molar-refractivity contribution in [1.82, 2.24) is 4.90 Å². The number of rotatable bonds is 3. The average Bonchev–Trinajstić information content (AvgIpc) is 2.96. The molecule has 3 fully saturated rings. The Hall–Kier alpha value is -0.120. The Kier molecular flexibility index (Phi) is 4.63. The maximum absolute atomic E-state index is 10.6. The largest absolute Gasteiger partial charge is 0.391 e. The molecule has 2 aliphatic carbocycles. The molecule has 1 N–H and O–H groups in total. The van der Waals surface area contributed by atoms with Crippen molar-refractivity contribution in [1.29, 1.82) is 0 Å². The molecule has 0 aromatic heterocycles. The molecule has 21 heavy (non-hydrogen) atoms.